The van der Waals surface area contributed by atoms with Crippen molar-refractivity contribution < 1.29 is 0 Å². The molecule has 0 bridgehead atoms. The normalized spacial score (nSPS) is 17.7. The Morgan fingerprint density at radius 2 is 2.25 bits per heavy atom. The average molecular weight is 221 g/mol. The van der Waals surface area contributed by atoms with E-state index in [1.807, 2.05) is 6.20 Å². The highest BCUT2D eigenvalue weighted by Crippen LogP contribution is 2.21. The molecular weight excluding hydrogens is 198 g/mol. The number of hydrogen-bond acceptors (Lipinski definition) is 2. The van der Waals surface area contributed by atoms with Crippen LogP contribution in [0.4, 0.5) is 0 Å². The van der Waals surface area contributed by atoms with Gasteiger partial charge in [-0.1, -0.05) is 13.8 Å². The predicted molar refractivity (Wildman–Crippen MR) is 66.5 cm³/mol. The second kappa shape index (κ2) is 5.00. The lowest BCUT2D eigenvalue weighted by molar-refractivity contribution is 0.460. The monoisotopic (exact) mass is 221 g/mol. The first-order valence-corrected chi connectivity index (χ1v) is 6.54. The Labute approximate surface area is 98.2 Å². The lowest BCUT2D eigenvalue weighted by atomic mass is 10.2. The SMILES string of the molecule is CCc1c(CNC2CC2)cnn1C(C)CC. The third-order valence-corrected chi connectivity index (χ3v) is 3.49. The first-order chi connectivity index (χ1) is 7.76. The predicted octanol–water partition coefficient (Wildman–Crippen LogP) is 2.67. The molecule has 1 heterocycles. The summed E-state index contributed by atoms with van der Waals surface area (Å²) in [5.74, 6) is 0. The molecule has 0 radical (unpaired) electrons. The first kappa shape index (κ1) is 11.6. The number of aromatic nitrogens is 2. The molecule has 0 aliphatic heterocycles. The maximum absolute atomic E-state index is 4.53. The van der Waals surface area contributed by atoms with E-state index in [1.54, 1.807) is 0 Å². The third kappa shape index (κ3) is 2.46. The van der Waals surface area contributed by atoms with Gasteiger partial charge in [0.05, 0.1) is 6.20 Å². The smallest absolute Gasteiger partial charge is 0.0537 e. The largest absolute Gasteiger partial charge is 0.310 e. The highest BCUT2D eigenvalue weighted by Gasteiger charge is 2.21. The molecule has 1 aliphatic carbocycles. The highest BCUT2D eigenvalue weighted by molar-refractivity contribution is 5.18. The van der Waals surface area contributed by atoms with Crippen LogP contribution in [0.1, 0.15) is 57.3 Å². The number of rotatable bonds is 6. The minimum atomic E-state index is 0.518. The molecule has 0 aromatic carbocycles. The van der Waals surface area contributed by atoms with Crippen LogP contribution in [0.3, 0.4) is 0 Å². The number of hydrogen-bond donors (Lipinski definition) is 1. The molecule has 3 heteroatoms. The standard InChI is InChI=1S/C13H23N3/c1-4-10(3)16-13(5-2)11(9-15-16)8-14-12-6-7-12/h9-10,12,14H,4-8H2,1-3H3. The van der Waals surface area contributed by atoms with Gasteiger partial charge in [-0.25, -0.2) is 0 Å². The fraction of sp³-hybridized carbons (Fsp3) is 0.769. The Morgan fingerprint density at radius 1 is 1.50 bits per heavy atom. The molecular formula is C13H23N3. The first-order valence-electron chi connectivity index (χ1n) is 6.54. The summed E-state index contributed by atoms with van der Waals surface area (Å²) in [6.07, 6.45) is 6.96. The van der Waals surface area contributed by atoms with E-state index < -0.39 is 0 Å². The fourth-order valence-electron chi connectivity index (χ4n) is 2.05. The Morgan fingerprint density at radius 3 is 2.81 bits per heavy atom. The maximum atomic E-state index is 4.53. The van der Waals surface area contributed by atoms with Crippen LogP contribution >= 0.6 is 0 Å². The van der Waals surface area contributed by atoms with E-state index >= 15 is 0 Å². The lowest BCUT2D eigenvalue weighted by Crippen LogP contribution is -2.17. The molecule has 0 saturated heterocycles. The van der Waals surface area contributed by atoms with E-state index in [0.717, 1.165) is 25.4 Å². The Bertz CT molecular complexity index is 339. The van der Waals surface area contributed by atoms with Crippen LogP contribution in [0.25, 0.3) is 0 Å². The Hall–Kier alpha value is -0.830. The van der Waals surface area contributed by atoms with Crippen LogP contribution < -0.4 is 5.32 Å². The molecule has 1 aromatic rings. The summed E-state index contributed by atoms with van der Waals surface area (Å²) in [6, 6.07) is 1.29. The van der Waals surface area contributed by atoms with E-state index in [2.05, 4.69) is 35.9 Å². The van der Waals surface area contributed by atoms with Crippen LogP contribution in [0.2, 0.25) is 0 Å². The van der Waals surface area contributed by atoms with Crippen molar-refractivity contribution in [1.29, 1.82) is 0 Å². The van der Waals surface area contributed by atoms with Gasteiger partial charge in [-0.05, 0) is 32.6 Å². The van der Waals surface area contributed by atoms with Gasteiger partial charge < -0.3 is 5.32 Å². The van der Waals surface area contributed by atoms with Gasteiger partial charge in [0.2, 0.25) is 0 Å². The van der Waals surface area contributed by atoms with Gasteiger partial charge in [-0.2, -0.15) is 5.10 Å². The zero-order valence-electron chi connectivity index (χ0n) is 10.7. The summed E-state index contributed by atoms with van der Waals surface area (Å²) in [4.78, 5) is 0. The van der Waals surface area contributed by atoms with Crippen LogP contribution in [0, 0.1) is 0 Å². The molecule has 1 fully saturated rings. The Kier molecular flexibility index (Phi) is 3.64. The van der Waals surface area contributed by atoms with E-state index in [-0.39, 0.29) is 0 Å². The third-order valence-electron chi connectivity index (χ3n) is 3.49. The van der Waals surface area contributed by atoms with Crippen LogP contribution in [0.15, 0.2) is 6.20 Å². The summed E-state index contributed by atoms with van der Waals surface area (Å²) in [7, 11) is 0. The summed E-state index contributed by atoms with van der Waals surface area (Å²) >= 11 is 0. The summed E-state index contributed by atoms with van der Waals surface area (Å²) in [5.41, 5.74) is 2.79. The quantitative estimate of drug-likeness (QED) is 0.800. The minimum absolute atomic E-state index is 0.518. The molecule has 1 aliphatic rings. The van der Waals surface area contributed by atoms with Crippen molar-refractivity contribution >= 4 is 0 Å². The lowest BCUT2D eigenvalue weighted by Gasteiger charge is -2.14. The van der Waals surface area contributed by atoms with Crippen molar-refractivity contribution in [3.05, 3.63) is 17.5 Å². The molecule has 16 heavy (non-hydrogen) atoms. The van der Waals surface area contributed by atoms with Crippen molar-refractivity contribution in [2.24, 2.45) is 0 Å². The topological polar surface area (TPSA) is 29.9 Å². The van der Waals surface area contributed by atoms with Gasteiger partial charge in [0.15, 0.2) is 0 Å². The van der Waals surface area contributed by atoms with Crippen molar-refractivity contribution in [2.75, 3.05) is 0 Å². The van der Waals surface area contributed by atoms with Crippen LogP contribution in [-0.2, 0) is 13.0 Å². The molecule has 1 atom stereocenters. The van der Waals surface area contributed by atoms with E-state index in [9.17, 15) is 0 Å². The molecule has 1 N–H and O–H groups in total. The Balaban J connectivity index is 2.07. The minimum Gasteiger partial charge on any atom is -0.310 e. The van der Waals surface area contributed by atoms with Crippen molar-refractivity contribution in [1.82, 2.24) is 15.1 Å². The van der Waals surface area contributed by atoms with Crippen molar-refractivity contribution in [3.63, 3.8) is 0 Å². The number of nitrogens with zero attached hydrogens (tertiary/aromatic N) is 2. The fourth-order valence-corrected chi connectivity index (χ4v) is 2.05. The summed E-state index contributed by atoms with van der Waals surface area (Å²) in [6.45, 7) is 7.67. The molecule has 1 unspecified atom stereocenters. The van der Waals surface area contributed by atoms with Crippen LogP contribution in [0.5, 0.6) is 0 Å². The number of nitrogens with one attached hydrogen (secondary N) is 1. The maximum Gasteiger partial charge on any atom is 0.0537 e. The van der Waals surface area contributed by atoms with Gasteiger partial charge in [-0.15, -0.1) is 0 Å². The van der Waals surface area contributed by atoms with Gasteiger partial charge in [0.25, 0.3) is 0 Å². The molecule has 3 nitrogen and oxygen atoms in total. The molecule has 0 amide bonds. The van der Waals surface area contributed by atoms with Gasteiger partial charge >= 0.3 is 0 Å². The zero-order chi connectivity index (χ0) is 11.5. The molecule has 0 spiro atoms. The van der Waals surface area contributed by atoms with Crippen LogP contribution in [-0.4, -0.2) is 15.8 Å². The zero-order valence-corrected chi connectivity index (χ0v) is 10.7. The highest BCUT2D eigenvalue weighted by atomic mass is 15.3. The molecule has 90 valence electrons. The average Bonchev–Trinajstić information content (AvgIpc) is 3.04. The molecule has 1 aromatic heterocycles. The van der Waals surface area contributed by atoms with Crippen molar-refractivity contribution in [3.8, 4) is 0 Å². The molecule has 2 rings (SSSR count). The van der Waals surface area contributed by atoms with E-state index in [0.29, 0.717) is 6.04 Å². The van der Waals surface area contributed by atoms with Gasteiger partial charge in [-0.3, -0.25) is 4.68 Å². The summed E-state index contributed by atoms with van der Waals surface area (Å²) < 4.78 is 2.20. The second-order valence-electron chi connectivity index (χ2n) is 4.83. The van der Waals surface area contributed by atoms with Gasteiger partial charge in [0.1, 0.15) is 0 Å². The van der Waals surface area contributed by atoms with E-state index in [1.165, 1.54) is 24.1 Å². The van der Waals surface area contributed by atoms with Gasteiger partial charge in [0, 0.05) is 29.9 Å². The van der Waals surface area contributed by atoms with Crippen molar-refractivity contribution in [2.45, 2.75) is 65.1 Å². The molecule has 1 saturated carbocycles. The summed E-state index contributed by atoms with van der Waals surface area (Å²) in [5, 5.41) is 8.10. The van der Waals surface area contributed by atoms with E-state index in [4.69, 9.17) is 0 Å². The second-order valence-corrected chi connectivity index (χ2v) is 4.83.